The lowest BCUT2D eigenvalue weighted by Crippen LogP contribution is -2.24. The minimum atomic E-state index is -0.758. The van der Waals surface area contributed by atoms with Crippen LogP contribution in [0.25, 0.3) is 0 Å². The average Bonchev–Trinajstić information content (AvgIpc) is 2.58. The number of Topliss-reactive ketones (excluding diaryl/α,β-unsaturated/α-hetero) is 1. The topological polar surface area (TPSA) is 74.6 Å². The van der Waals surface area contributed by atoms with E-state index in [4.69, 9.17) is 0 Å². The van der Waals surface area contributed by atoms with Crippen molar-refractivity contribution < 1.29 is 19.8 Å². The van der Waals surface area contributed by atoms with Crippen molar-refractivity contribution in [3.05, 3.63) is 0 Å². The molecule has 0 amide bonds. The maximum atomic E-state index is 11.7. The monoisotopic (exact) mass is 242 g/mol. The van der Waals surface area contributed by atoms with Gasteiger partial charge in [0, 0.05) is 24.7 Å². The second-order valence-corrected chi connectivity index (χ2v) is 5.06. The van der Waals surface area contributed by atoms with Crippen LogP contribution in [-0.4, -0.2) is 34.5 Å². The number of aliphatic hydroxyl groups is 2. The highest BCUT2D eigenvalue weighted by atomic mass is 16.3. The lowest BCUT2D eigenvalue weighted by atomic mass is 9.88. The maximum absolute atomic E-state index is 11.7. The Kier molecular flexibility index (Phi) is 5.28. The van der Waals surface area contributed by atoms with Crippen LogP contribution in [0.4, 0.5) is 0 Å². The van der Waals surface area contributed by atoms with Crippen molar-refractivity contribution in [2.45, 2.75) is 51.7 Å². The molecule has 0 aliphatic heterocycles. The Morgan fingerprint density at radius 2 is 2.06 bits per heavy atom. The Labute approximate surface area is 102 Å². The second-order valence-electron chi connectivity index (χ2n) is 5.06. The lowest BCUT2D eigenvalue weighted by Gasteiger charge is -2.18. The standard InChI is InChI=1S/C13H22O4/c1-3-8(2)11(15)5-4-9-10(7-14)13(17)6-12(9)16/h7-10,12-13,16-17H,3-6H2,1-2H3/t8?,9-,10+,12-,13+/m1/s1. The first-order chi connectivity index (χ1) is 8.01. The predicted octanol–water partition coefficient (Wildman–Crippen LogP) is 0.939. The van der Waals surface area contributed by atoms with Crippen LogP contribution in [0, 0.1) is 17.8 Å². The summed E-state index contributed by atoms with van der Waals surface area (Å²) in [6.45, 7) is 3.85. The van der Waals surface area contributed by atoms with E-state index >= 15 is 0 Å². The lowest BCUT2D eigenvalue weighted by molar-refractivity contribution is -0.123. The molecule has 0 aromatic heterocycles. The SMILES string of the molecule is CCC(C)C(=O)CC[C@@H]1[C@H](C=O)[C@@H](O)C[C@H]1O. The third-order valence-electron chi connectivity index (χ3n) is 3.96. The Morgan fingerprint density at radius 1 is 1.41 bits per heavy atom. The molecule has 4 nitrogen and oxygen atoms in total. The van der Waals surface area contributed by atoms with Crippen LogP contribution in [0.2, 0.25) is 0 Å². The van der Waals surface area contributed by atoms with Crippen LogP contribution in [0.5, 0.6) is 0 Å². The summed E-state index contributed by atoms with van der Waals surface area (Å²) in [5.41, 5.74) is 0. The number of hydrogen-bond acceptors (Lipinski definition) is 4. The molecule has 1 aliphatic carbocycles. The average molecular weight is 242 g/mol. The summed E-state index contributed by atoms with van der Waals surface area (Å²) in [6, 6.07) is 0. The zero-order valence-electron chi connectivity index (χ0n) is 10.5. The van der Waals surface area contributed by atoms with E-state index in [1.807, 2.05) is 13.8 Å². The fraction of sp³-hybridized carbons (Fsp3) is 0.846. The summed E-state index contributed by atoms with van der Waals surface area (Å²) in [6.07, 6.45) is 1.21. The molecule has 0 aromatic carbocycles. The van der Waals surface area contributed by atoms with Gasteiger partial charge in [-0.25, -0.2) is 0 Å². The minimum Gasteiger partial charge on any atom is -0.393 e. The van der Waals surface area contributed by atoms with E-state index in [-0.39, 0.29) is 24.0 Å². The number of aliphatic hydroxyl groups excluding tert-OH is 2. The van der Waals surface area contributed by atoms with Crippen molar-refractivity contribution >= 4 is 12.1 Å². The molecule has 1 fully saturated rings. The molecular formula is C13H22O4. The molecule has 0 radical (unpaired) electrons. The highest BCUT2D eigenvalue weighted by Gasteiger charge is 2.41. The van der Waals surface area contributed by atoms with E-state index in [2.05, 4.69) is 0 Å². The van der Waals surface area contributed by atoms with Gasteiger partial charge in [0.05, 0.1) is 12.2 Å². The molecule has 17 heavy (non-hydrogen) atoms. The van der Waals surface area contributed by atoms with Crippen molar-refractivity contribution in [3.8, 4) is 0 Å². The van der Waals surface area contributed by atoms with Gasteiger partial charge in [-0.3, -0.25) is 4.79 Å². The van der Waals surface area contributed by atoms with Gasteiger partial charge in [0.15, 0.2) is 0 Å². The van der Waals surface area contributed by atoms with E-state index in [9.17, 15) is 19.8 Å². The van der Waals surface area contributed by atoms with Crippen LogP contribution in [0.1, 0.15) is 39.5 Å². The molecule has 1 rings (SSSR count). The molecule has 1 saturated carbocycles. The van der Waals surface area contributed by atoms with Gasteiger partial charge in [-0.05, 0) is 18.8 Å². The summed E-state index contributed by atoms with van der Waals surface area (Å²) in [5.74, 6) is -0.580. The summed E-state index contributed by atoms with van der Waals surface area (Å²) in [5, 5.41) is 19.3. The van der Waals surface area contributed by atoms with Gasteiger partial charge in [0.1, 0.15) is 12.1 Å². The second kappa shape index (κ2) is 6.26. The van der Waals surface area contributed by atoms with Crippen LogP contribution in [0.3, 0.4) is 0 Å². The molecule has 0 spiro atoms. The molecule has 4 heteroatoms. The number of aldehydes is 1. The van der Waals surface area contributed by atoms with Gasteiger partial charge < -0.3 is 15.0 Å². The molecule has 98 valence electrons. The van der Waals surface area contributed by atoms with Gasteiger partial charge >= 0.3 is 0 Å². The molecule has 5 atom stereocenters. The maximum Gasteiger partial charge on any atom is 0.135 e. The van der Waals surface area contributed by atoms with Crippen molar-refractivity contribution in [1.29, 1.82) is 0 Å². The van der Waals surface area contributed by atoms with E-state index in [0.717, 1.165) is 6.42 Å². The highest BCUT2D eigenvalue weighted by Crippen LogP contribution is 2.34. The first kappa shape index (κ1) is 14.3. The molecule has 0 heterocycles. The number of carbonyl (C=O) groups is 2. The Morgan fingerprint density at radius 3 is 2.59 bits per heavy atom. The van der Waals surface area contributed by atoms with E-state index < -0.39 is 18.1 Å². The van der Waals surface area contributed by atoms with Gasteiger partial charge in [0.2, 0.25) is 0 Å². The predicted molar refractivity (Wildman–Crippen MR) is 63.4 cm³/mol. The number of carbonyl (C=O) groups excluding carboxylic acids is 2. The number of rotatable bonds is 6. The minimum absolute atomic E-state index is 0.0353. The van der Waals surface area contributed by atoms with Crippen molar-refractivity contribution in [1.82, 2.24) is 0 Å². The number of hydrogen-bond donors (Lipinski definition) is 2. The van der Waals surface area contributed by atoms with Gasteiger partial charge in [-0.2, -0.15) is 0 Å². The Hall–Kier alpha value is -0.740. The van der Waals surface area contributed by atoms with E-state index in [1.165, 1.54) is 0 Å². The van der Waals surface area contributed by atoms with Crippen molar-refractivity contribution in [3.63, 3.8) is 0 Å². The zero-order chi connectivity index (χ0) is 13.0. The molecule has 0 bridgehead atoms. The third-order valence-corrected chi connectivity index (χ3v) is 3.96. The molecule has 0 aromatic rings. The third kappa shape index (κ3) is 3.36. The van der Waals surface area contributed by atoms with Gasteiger partial charge in [-0.15, -0.1) is 0 Å². The fourth-order valence-electron chi connectivity index (χ4n) is 2.48. The molecular weight excluding hydrogens is 220 g/mol. The fourth-order valence-corrected chi connectivity index (χ4v) is 2.48. The molecule has 0 saturated heterocycles. The molecule has 2 N–H and O–H groups in total. The normalized spacial score (nSPS) is 34.6. The first-order valence-electron chi connectivity index (χ1n) is 6.35. The van der Waals surface area contributed by atoms with Crippen molar-refractivity contribution in [2.75, 3.05) is 0 Å². The largest absolute Gasteiger partial charge is 0.393 e. The van der Waals surface area contributed by atoms with Gasteiger partial charge in [0.25, 0.3) is 0 Å². The molecule has 1 unspecified atom stereocenters. The van der Waals surface area contributed by atoms with Crippen LogP contribution >= 0.6 is 0 Å². The summed E-state index contributed by atoms with van der Waals surface area (Å²) < 4.78 is 0. The summed E-state index contributed by atoms with van der Waals surface area (Å²) >= 11 is 0. The van der Waals surface area contributed by atoms with Crippen LogP contribution in [-0.2, 0) is 9.59 Å². The zero-order valence-corrected chi connectivity index (χ0v) is 10.5. The quantitative estimate of drug-likeness (QED) is 0.680. The summed E-state index contributed by atoms with van der Waals surface area (Å²) in [7, 11) is 0. The van der Waals surface area contributed by atoms with E-state index in [0.29, 0.717) is 19.1 Å². The number of ketones is 1. The smallest absolute Gasteiger partial charge is 0.135 e. The highest BCUT2D eigenvalue weighted by molar-refractivity contribution is 5.80. The van der Waals surface area contributed by atoms with E-state index in [1.54, 1.807) is 0 Å². The van der Waals surface area contributed by atoms with Gasteiger partial charge in [-0.1, -0.05) is 13.8 Å². The van der Waals surface area contributed by atoms with Crippen LogP contribution in [0.15, 0.2) is 0 Å². The molecule has 1 aliphatic rings. The summed E-state index contributed by atoms with van der Waals surface area (Å²) in [4.78, 5) is 22.5. The Bertz CT molecular complexity index is 277. The Balaban J connectivity index is 2.50. The van der Waals surface area contributed by atoms with Crippen molar-refractivity contribution in [2.24, 2.45) is 17.8 Å². The van der Waals surface area contributed by atoms with Crippen LogP contribution < -0.4 is 0 Å². The first-order valence-corrected chi connectivity index (χ1v) is 6.35.